The number of hydrogen-bond donors (Lipinski definition) is 2. The van der Waals surface area contributed by atoms with Crippen molar-refractivity contribution in [3.8, 4) is 5.75 Å². The van der Waals surface area contributed by atoms with E-state index < -0.39 is 46.2 Å². The molecule has 0 aliphatic carbocycles. The average Bonchev–Trinajstić information content (AvgIpc) is 2.40. The summed E-state index contributed by atoms with van der Waals surface area (Å²) in [4.78, 5) is 22.6. The molecule has 1 amide bonds. The molecule has 108 valence electrons. The lowest BCUT2D eigenvalue weighted by atomic mass is 10.0. The van der Waals surface area contributed by atoms with Crippen LogP contribution in [0, 0.1) is 17.5 Å². The molecule has 0 saturated carbocycles. The van der Waals surface area contributed by atoms with Crippen LogP contribution in [0.2, 0.25) is 0 Å². The molecule has 1 aromatic rings. The second kappa shape index (κ2) is 6.09. The first kappa shape index (κ1) is 15.5. The van der Waals surface area contributed by atoms with Crippen molar-refractivity contribution < 1.29 is 32.6 Å². The molecule has 0 heterocycles. The fourth-order valence-electron chi connectivity index (χ4n) is 1.49. The van der Waals surface area contributed by atoms with E-state index in [9.17, 15) is 22.8 Å². The van der Waals surface area contributed by atoms with Crippen molar-refractivity contribution >= 4 is 11.9 Å². The van der Waals surface area contributed by atoms with Crippen molar-refractivity contribution in [1.82, 2.24) is 5.32 Å². The van der Waals surface area contributed by atoms with Gasteiger partial charge in [0.15, 0.2) is 17.4 Å². The lowest BCUT2D eigenvalue weighted by molar-refractivity contribution is 0.0682. The highest BCUT2D eigenvalue weighted by Gasteiger charge is 2.32. The number of rotatable bonds is 5. The maximum absolute atomic E-state index is 13.9. The normalized spacial score (nSPS) is 10.0. The highest BCUT2D eigenvalue weighted by atomic mass is 19.2. The van der Waals surface area contributed by atoms with Crippen molar-refractivity contribution in [3.05, 3.63) is 41.2 Å². The third-order valence-corrected chi connectivity index (χ3v) is 2.33. The van der Waals surface area contributed by atoms with E-state index in [1.807, 2.05) is 0 Å². The van der Waals surface area contributed by atoms with Gasteiger partial charge in [0, 0.05) is 6.54 Å². The SMILES string of the molecule is C=CCNC(=O)c1c(F)c(OC)c(F)c(F)c1C(=O)O. The molecular formula is C12H10F3NO4. The molecule has 0 bridgehead atoms. The highest BCUT2D eigenvalue weighted by Crippen LogP contribution is 2.30. The number of aromatic carboxylic acids is 1. The van der Waals surface area contributed by atoms with Crippen LogP contribution in [0.5, 0.6) is 5.75 Å². The Morgan fingerprint density at radius 1 is 1.25 bits per heavy atom. The maximum atomic E-state index is 13.9. The van der Waals surface area contributed by atoms with E-state index in [0.29, 0.717) is 0 Å². The highest BCUT2D eigenvalue weighted by molar-refractivity contribution is 6.05. The number of carboxylic acid groups (broad SMARTS) is 1. The van der Waals surface area contributed by atoms with E-state index in [0.717, 1.165) is 7.11 Å². The number of carboxylic acids is 1. The van der Waals surface area contributed by atoms with Crippen molar-refractivity contribution in [1.29, 1.82) is 0 Å². The third kappa shape index (κ3) is 2.58. The molecule has 0 atom stereocenters. The number of halogens is 3. The average molecular weight is 289 g/mol. The second-order valence-electron chi connectivity index (χ2n) is 3.53. The van der Waals surface area contributed by atoms with Crippen LogP contribution < -0.4 is 10.1 Å². The Morgan fingerprint density at radius 2 is 1.85 bits per heavy atom. The second-order valence-corrected chi connectivity index (χ2v) is 3.53. The van der Waals surface area contributed by atoms with Crippen LogP contribution in [0.4, 0.5) is 13.2 Å². The summed E-state index contributed by atoms with van der Waals surface area (Å²) >= 11 is 0. The van der Waals surface area contributed by atoms with Crippen molar-refractivity contribution in [2.45, 2.75) is 0 Å². The summed E-state index contributed by atoms with van der Waals surface area (Å²) in [5.41, 5.74) is -2.54. The quantitative estimate of drug-likeness (QED) is 0.639. The number of carbonyl (C=O) groups excluding carboxylic acids is 1. The van der Waals surface area contributed by atoms with E-state index in [1.54, 1.807) is 0 Å². The summed E-state index contributed by atoms with van der Waals surface area (Å²) in [5, 5.41) is 10.9. The van der Waals surface area contributed by atoms with Gasteiger partial charge in [-0.3, -0.25) is 4.79 Å². The topological polar surface area (TPSA) is 75.6 Å². The van der Waals surface area contributed by atoms with Crippen LogP contribution in [0.1, 0.15) is 20.7 Å². The van der Waals surface area contributed by atoms with E-state index in [-0.39, 0.29) is 6.54 Å². The van der Waals surface area contributed by atoms with Gasteiger partial charge in [-0.05, 0) is 0 Å². The number of nitrogens with one attached hydrogen (secondary N) is 1. The zero-order chi connectivity index (χ0) is 15.4. The molecule has 5 nitrogen and oxygen atoms in total. The van der Waals surface area contributed by atoms with Gasteiger partial charge < -0.3 is 15.2 Å². The van der Waals surface area contributed by atoms with E-state index in [4.69, 9.17) is 5.11 Å². The molecule has 0 saturated heterocycles. The zero-order valence-electron chi connectivity index (χ0n) is 10.3. The summed E-state index contributed by atoms with van der Waals surface area (Å²) in [7, 11) is 0.854. The number of hydrogen-bond acceptors (Lipinski definition) is 3. The molecule has 8 heteroatoms. The van der Waals surface area contributed by atoms with Crippen molar-refractivity contribution in [2.24, 2.45) is 0 Å². The molecule has 0 aliphatic heterocycles. The smallest absolute Gasteiger partial charge is 0.339 e. The number of methoxy groups -OCH3 is 1. The van der Waals surface area contributed by atoms with Gasteiger partial charge in [-0.25, -0.2) is 13.6 Å². The van der Waals surface area contributed by atoms with Gasteiger partial charge in [0.25, 0.3) is 5.91 Å². The fraction of sp³-hybridized carbons (Fsp3) is 0.167. The summed E-state index contributed by atoms with van der Waals surface area (Å²) in [5.74, 6) is -9.66. The molecule has 2 N–H and O–H groups in total. The predicted octanol–water partition coefficient (Wildman–Crippen LogP) is 1.73. The summed E-state index contributed by atoms with van der Waals surface area (Å²) in [6.45, 7) is 3.18. The third-order valence-electron chi connectivity index (χ3n) is 2.33. The molecule has 0 radical (unpaired) electrons. The van der Waals surface area contributed by atoms with Crippen LogP contribution in [-0.2, 0) is 0 Å². The first-order valence-electron chi connectivity index (χ1n) is 5.23. The van der Waals surface area contributed by atoms with Crippen LogP contribution in [-0.4, -0.2) is 30.6 Å². The van der Waals surface area contributed by atoms with E-state index in [2.05, 4.69) is 16.6 Å². The van der Waals surface area contributed by atoms with Gasteiger partial charge in [0.1, 0.15) is 5.56 Å². The van der Waals surface area contributed by atoms with Crippen LogP contribution in [0.3, 0.4) is 0 Å². The molecule has 0 aromatic heterocycles. The van der Waals surface area contributed by atoms with Gasteiger partial charge in [-0.15, -0.1) is 6.58 Å². The van der Waals surface area contributed by atoms with Gasteiger partial charge in [-0.2, -0.15) is 4.39 Å². The Hall–Kier alpha value is -2.51. The van der Waals surface area contributed by atoms with Crippen molar-refractivity contribution in [3.63, 3.8) is 0 Å². The van der Waals surface area contributed by atoms with Gasteiger partial charge in [-0.1, -0.05) is 6.08 Å². The molecular weight excluding hydrogens is 279 g/mol. The van der Waals surface area contributed by atoms with Gasteiger partial charge >= 0.3 is 5.97 Å². The lowest BCUT2D eigenvalue weighted by Gasteiger charge is -2.12. The van der Waals surface area contributed by atoms with Crippen LogP contribution in [0.15, 0.2) is 12.7 Å². The molecule has 1 aromatic carbocycles. The fourth-order valence-corrected chi connectivity index (χ4v) is 1.49. The Kier molecular flexibility index (Phi) is 4.73. The van der Waals surface area contributed by atoms with Crippen LogP contribution >= 0.6 is 0 Å². The standard InChI is InChI=1S/C12H10F3NO4/c1-3-4-16-11(17)5-6(12(18)19)7(13)9(15)10(20-2)8(5)14/h3H,1,4H2,2H3,(H,16,17)(H,18,19). The number of amides is 1. The minimum absolute atomic E-state index is 0.112. The zero-order valence-corrected chi connectivity index (χ0v) is 10.3. The maximum Gasteiger partial charge on any atom is 0.339 e. The minimum atomic E-state index is -1.98. The predicted molar refractivity (Wildman–Crippen MR) is 62.4 cm³/mol. The molecule has 20 heavy (non-hydrogen) atoms. The molecule has 0 unspecified atom stereocenters. The molecule has 0 spiro atoms. The minimum Gasteiger partial charge on any atom is -0.491 e. The van der Waals surface area contributed by atoms with Crippen molar-refractivity contribution in [2.75, 3.05) is 13.7 Å². The van der Waals surface area contributed by atoms with E-state index >= 15 is 0 Å². The Labute approximate surface area is 111 Å². The number of carbonyl (C=O) groups is 2. The first-order valence-corrected chi connectivity index (χ1v) is 5.23. The summed E-state index contributed by atoms with van der Waals surface area (Å²) in [6.07, 6.45) is 1.24. The van der Waals surface area contributed by atoms with Gasteiger partial charge in [0.2, 0.25) is 5.82 Å². The monoisotopic (exact) mass is 289 g/mol. The van der Waals surface area contributed by atoms with Gasteiger partial charge in [0.05, 0.1) is 12.7 Å². The molecule has 0 fully saturated rings. The molecule has 0 aliphatic rings. The number of benzene rings is 1. The Balaban J connectivity index is 3.62. The summed E-state index contributed by atoms with van der Waals surface area (Å²) in [6, 6.07) is 0. The van der Waals surface area contributed by atoms with E-state index in [1.165, 1.54) is 6.08 Å². The first-order chi connectivity index (χ1) is 9.36. The lowest BCUT2D eigenvalue weighted by Crippen LogP contribution is -2.28. The molecule has 1 rings (SSSR count). The number of ether oxygens (including phenoxy) is 1. The Morgan fingerprint density at radius 3 is 2.30 bits per heavy atom. The summed E-state index contributed by atoms with van der Waals surface area (Å²) < 4.78 is 45.3. The largest absolute Gasteiger partial charge is 0.491 e. The van der Waals surface area contributed by atoms with Crippen LogP contribution in [0.25, 0.3) is 0 Å². The Bertz CT molecular complexity index is 587.